The van der Waals surface area contributed by atoms with Crippen molar-refractivity contribution in [2.75, 3.05) is 0 Å². The summed E-state index contributed by atoms with van der Waals surface area (Å²) in [7, 11) is 0. The van der Waals surface area contributed by atoms with Gasteiger partial charge in [0.05, 0.1) is 5.54 Å². The van der Waals surface area contributed by atoms with Crippen LogP contribution in [0.25, 0.3) is 0 Å². The number of hydrogen-bond donors (Lipinski definition) is 2. The molecule has 3 nitrogen and oxygen atoms in total. The molecule has 0 aliphatic heterocycles. The van der Waals surface area contributed by atoms with Gasteiger partial charge in [0, 0.05) is 6.54 Å². The molecule has 1 aliphatic rings. The number of rotatable bonds is 3. The lowest BCUT2D eigenvalue weighted by Crippen LogP contribution is -2.42. The second-order valence-corrected chi connectivity index (χ2v) is 3.82. The summed E-state index contributed by atoms with van der Waals surface area (Å²) < 4.78 is 0. The molecule has 14 heavy (non-hydrogen) atoms. The van der Waals surface area contributed by atoms with E-state index in [0.717, 1.165) is 18.4 Å². The van der Waals surface area contributed by atoms with Crippen LogP contribution in [0.15, 0.2) is 30.3 Å². The first-order valence-electron chi connectivity index (χ1n) is 4.82. The first-order chi connectivity index (χ1) is 6.71. The standard InChI is InChI=1S/C11H14N2O/c12-11(6-7-11)10(14)13-8-9-4-2-1-3-5-9/h1-5H,6-8,12H2,(H,13,14). The van der Waals surface area contributed by atoms with E-state index in [2.05, 4.69) is 5.32 Å². The molecule has 0 saturated heterocycles. The summed E-state index contributed by atoms with van der Waals surface area (Å²) in [5.74, 6) is -0.0265. The average molecular weight is 190 g/mol. The molecule has 0 unspecified atom stereocenters. The van der Waals surface area contributed by atoms with Gasteiger partial charge < -0.3 is 11.1 Å². The molecular formula is C11H14N2O. The molecular weight excluding hydrogens is 176 g/mol. The van der Waals surface area contributed by atoms with Crippen molar-refractivity contribution in [1.82, 2.24) is 5.32 Å². The number of hydrogen-bond acceptors (Lipinski definition) is 2. The lowest BCUT2D eigenvalue weighted by Gasteiger charge is -2.09. The van der Waals surface area contributed by atoms with Crippen LogP contribution in [0.4, 0.5) is 0 Å². The highest BCUT2D eigenvalue weighted by Gasteiger charge is 2.45. The first-order valence-corrected chi connectivity index (χ1v) is 4.82. The van der Waals surface area contributed by atoms with Crippen LogP contribution in [-0.4, -0.2) is 11.4 Å². The molecule has 0 heterocycles. The van der Waals surface area contributed by atoms with E-state index in [0.29, 0.717) is 6.54 Å². The highest BCUT2D eigenvalue weighted by molar-refractivity contribution is 5.88. The number of nitrogens with one attached hydrogen (secondary N) is 1. The summed E-state index contributed by atoms with van der Waals surface area (Å²) in [6.45, 7) is 0.568. The Hall–Kier alpha value is -1.35. The zero-order valence-corrected chi connectivity index (χ0v) is 7.99. The fourth-order valence-electron chi connectivity index (χ4n) is 1.32. The Bertz CT molecular complexity index is 330. The first kappa shape index (κ1) is 9.21. The van der Waals surface area contributed by atoms with Crippen molar-refractivity contribution >= 4 is 5.91 Å². The number of carbonyl (C=O) groups excluding carboxylic acids is 1. The summed E-state index contributed by atoms with van der Waals surface area (Å²) in [5, 5.41) is 2.84. The maximum absolute atomic E-state index is 11.5. The maximum atomic E-state index is 11.5. The minimum absolute atomic E-state index is 0.0265. The fourth-order valence-corrected chi connectivity index (χ4v) is 1.32. The third-order valence-electron chi connectivity index (χ3n) is 2.54. The van der Waals surface area contributed by atoms with Crippen LogP contribution in [0.2, 0.25) is 0 Å². The molecule has 0 atom stereocenters. The SMILES string of the molecule is NC1(C(=O)NCc2ccccc2)CC1. The van der Waals surface area contributed by atoms with Crippen LogP contribution < -0.4 is 11.1 Å². The highest BCUT2D eigenvalue weighted by atomic mass is 16.2. The number of nitrogens with two attached hydrogens (primary N) is 1. The smallest absolute Gasteiger partial charge is 0.240 e. The van der Waals surface area contributed by atoms with E-state index >= 15 is 0 Å². The molecule has 1 saturated carbocycles. The largest absolute Gasteiger partial charge is 0.350 e. The summed E-state index contributed by atoms with van der Waals surface area (Å²) in [4.78, 5) is 11.5. The molecule has 1 amide bonds. The van der Waals surface area contributed by atoms with Crippen LogP contribution in [0.5, 0.6) is 0 Å². The number of benzene rings is 1. The van der Waals surface area contributed by atoms with Crippen molar-refractivity contribution < 1.29 is 4.79 Å². The van der Waals surface area contributed by atoms with E-state index in [9.17, 15) is 4.79 Å². The highest BCUT2D eigenvalue weighted by Crippen LogP contribution is 2.32. The maximum Gasteiger partial charge on any atom is 0.240 e. The molecule has 1 fully saturated rings. The molecule has 1 aromatic carbocycles. The number of carbonyl (C=O) groups is 1. The lowest BCUT2D eigenvalue weighted by atomic mass is 10.2. The van der Waals surface area contributed by atoms with Crippen molar-refractivity contribution in [3.63, 3.8) is 0 Å². The Balaban J connectivity index is 1.86. The van der Waals surface area contributed by atoms with Crippen molar-refractivity contribution in [2.24, 2.45) is 5.73 Å². The second-order valence-electron chi connectivity index (χ2n) is 3.82. The predicted octanol–water partition coefficient (Wildman–Crippen LogP) is 0.794. The molecule has 3 heteroatoms. The van der Waals surface area contributed by atoms with Crippen LogP contribution in [-0.2, 0) is 11.3 Å². The van der Waals surface area contributed by atoms with E-state index in [1.165, 1.54) is 0 Å². The molecule has 74 valence electrons. The van der Waals surface area contributed by atoms with Gasteiger partial charge in [0.25, 0.3) is 0 Å². The quantitative estimate of drug-likeness (QED) is 0.740. The summed E-state index contributed by atoms with van der Waals surface area (Å²) in [6, 6.07) is 9.83. The van der Waals surface area contributed by atoms with Crippen LogP contribution in [0.1, 0.15) is 18.4 Å². The van der Waals surface area contributed by atoms with E-state index < -0.39 is 5.54 Å². The fraction of sp³-hybridized carbons (Fsp3) is 0.364. The Morgan fingerprint density at radius 3 is 2.57 bits per heavy atom. The average Bonchev–Trinajstić information content (AvgIpc) is 2.96. The predicted molar refractivity (Wildman–Crippen MR) is 54.4 cm³/mol. The van der Waals surface area contributed by atoms with Crippen LogP contribution in [0, 0.1) is 0 Å². The van der Waals surface area contributed by atoms with E-state index in [1.54, 1.807) is 0 Å². The van der Waals surface area contributed by atoms with Crippen molar-refractivity contribution in [3.05, 3.63) is 35.9 Å². The molecule has 1 aromatic rings. The zero-order valence-electron chi connectivity index (χ0n) is 7.99. The van der Waals surface area contributed by atoms with Gasteiger partial charge in [0.15, 0.2) is 0 Å². The molecule has 1 aliphatic carbocycles. The van der Waals surface area contributed by atoms with Gasteiger partial charge >= 0.3 is 0 Å². The Labute approximate surface area is 83.3 Å². The number of amides is 1. The summed E-state index contributed by atoms with van der Waals surface area (Å²) in [6.07, 6.45) is 1.63. The summed E-state index contributed by atoms with van der Waals surface area (Å²) >= 11 is 0. The van der Waals surface area contributed by atoms with E-state index in [-0.39, 0.29) is 5.91 Å². The topological polar surface area (TPSA) is 55.1 Å². The van der Waals surface area contributed by atoms with E-state index in [1.807, 2.05) is 30.3 Å². The van der Waals surface area contributed by atoms with Gasteiger partial charge in [-0.25, -0.2) is 0 Å². The van der Waals surface area contributed by atoms with Crippen LogP contribution in [0.3, 0.4) is 0 Å². The second kappa shape index (κ2) is 3.42. The molecule has 3 N–H and O–H groups in total. The van der Waals surface area contributed by atoms with Gasteiger partial charge in [-0.2, -0.15) is 0 Å². The van der Waals surface area contributed by atoms with Gasteiger partial charge in [-0.3, -0.25) is 4.79 Å². The third-order valence-corrected chi connectivity index (χ3v) is 2.54. The Morgan fingerprint density at radius 1 is 1.36 bits per heavy atom. The normalized spacial score (nSPS) is 17.5. The minimum Gasteiger partial charge on any atom is -0.350 e. The van der Waals surface area contributed by atoms with Gasteiger partial charge in [0.2, 0.25) is 5.91 Å². The van der Waals surface area contributed by atoms with Gasteiger partial charge in [-0.1, -0.05) is 30.3 Å². The zero-order chi connectivity index (χ0) is 10.0. The summed E-state index contributed by atoms with van der Waals surface area (Å²) in [5.41, 5.74) is 6.28. The Morgan fingerprint density at radius 2 is 2.00 bits per heavy atom. The van der Waals surface area contributed by atoms with E-state index in [4.69, 9.17) is 5.73 Å². The van der Waals surface area contributed by atoms with Crippen LogP contribution >= 0.6 is 0 Å². The molecule has 0 aromatic heterocycles. The minimum atomic E-state index is -0.561. The van der Waals surface area contributed by atoms with Gasteiger partial charge in [-0.15, -0.1) is 0 Å². The molecule has 2 rings (SSSR count). The van der Waals surface area contributed by atoms with Crippen molar-refractivity contribution in [1.29, 1.82) is 0 Å². The lowest BCUT2D eigenvalue weighted by molar-refractivity contribution is -0.123. The monoisotopic (exact) mass is 190 g/mol. The molecule has 0 bridgehead atoms. The molecule has 0 radical (unpaired) electrons. The van der Waals surface area contributed by atoms with Crippen molar-refractivity contribution in [3.8, 4) is 0 Å². The van der Waals surface area contributed by atoms with Gasteiger partial charge in [0.1, 0.15) is 0 Å². The van der Waals surface area contributed by atoms with Gasteiger partial charge in [-0.05, 0) is 18.4 Å². The van der Waals surface area contributed by atoms with Crippen molar-refractivity contribution in [2.45, 2.75) is 24.9 Å². The third kappa shape index (κ3) is 1.93. The molecule has 0 spiro atoms. The Kier molecular flexibility index (Phi) is 2.25.